The molecule has 20 heavy (non-hydrogen) atoms. The quantitative estimate of drug-likeness (QED) is 0.854. The molecule has 0 unspecified atom stereocenters. The Labute approximate surface area is 121 Å². The minimum absolute atomic E-state index is 0.0335. The predicted octanol–water partition coefficient (Wildman–Crippen LogP) is 2.91. The minimum atomic E-state index is -0.870. The molecule has 0 aliphatic heterocycles. The van der Waals surface area contributed by atoms with Gasteiger partial charge < -0.3 is 9.52 Å². The van der Waals surface area contributed by atoms with Crippen LogP contribution in [0.3, 0.4) is 0 Å². The Morgan fingerprint density at radius 1 is 1.45 bits per heavy atom. The molecule has 2 rings (SSSR count). The molecule has 0 atom stereocenters. The zero-order valence-corrected chi connectivity index (χ0v) is 12.7. The Morgan fingerprint density at radius 2 is 2.15 bits per heavy atom. The summed E-state index contributed by atoms with van der Waals surface area (Å²) in [6.07, 6.45) is 0. The maximum Gasteiger partial charge on any atom is 0.313 e. The second kappa shape index (κ2) is 5.70. The van der Waals surface area contributed by atoms with E-state index in [9.17, 15) is 4.79 Å². The van der Waals surface area contributed by atoms with E-state index in [1.165, 1.54) is 11.8 Å². The summed E-state index contributed by atoms with van der Waals surface area (Å²) in [5.74, 6) is 1.41. The minimum Gasteiger partial charge on any atom is -0.481 e. The summed E-state index contributed by atoms with van der Waals surface area (Å²) in [6, 6.07) is 2.05. The maximum absolute atomic E-state index is 10.7. The molecule has 108 valence electrons. The molecular weight excluding hydrogens is 278 g/mol. The smallest absolute Gasteiger partial charge is 0.313 e. The Morgan fingerprint density at radius 3 is 2.65 bits per heavy atom. The summed E-state index contributed by atoms with van der Waals surface area (Å²) >= 11 is 1.17. The summed E-state index contributed by atoms with van der Waals surface area (Å²) in [5.41, 5.74) is 0.894. The molecule has 6 nitrogen and oxygen atoms in total. The van der Waals surface area contributed by atoms with Gasteiger partial charge in [-0.1, -0.05) is 11.8 Å². The molecule has 2 aromatic heterocycles. The number of hydrogen-bond acceptors (Lipinski definition) is 5. The molecule has 2 heterocycles. The van der Waals surface area contributed by atoms with Crippen LogP contribution in [-0.2, 0) is 4.79 Å². The summed E-state index contributed by atoms with van der Waals surface area (Å²) in [4.78, 5) is 10.7. The number of carboxylic acids is 1. The molecule has 0 bridgehead atoms. The maximum atomic E-state index is 10.7. The molecule has 0 fully saturated rings. The highest BCUT2D eigenvalue weighted by Crippen LogP contribution is 2.30. The fourth-order valence-electron chi connectivity index (χ4n) is 2.00. The van der Waals surface area contributed by atoms with Crippen LogP contribution >= 0.6 is 11.8 Å². The Bertz CT molecular complexity index is 631. The van der Waals surface area contributed by atoms with Crippen molar-refractivity contribution < 1.29 is 14.3 Å². The molecule has 0 spiro atoms. The van der Waals surface area contributed by atoms with Gasteiger partial charge in [0.25, 0.3) is 0 Å². The first-order valence-corrected chi connectivity index (χ1v) is 7.25. The monoisotopic (exact) mass is 295 g/mol. The highest BCUT2D eigenvalue weighted by Gasteiger charge is 2.20. The van der Waals surface area contributed by atoms with Crippen molar-refractivity contribution in [2.24, 2.45) is 0 Å². The van der Waals surface area contributed by atoms with E-state index in [2.05, 4.69) is 10.2 Å². The number of carbonyl (C=O) groups is 1. The van der Waals surface area contributed by atoms with Gasteiger partial charge in [-0.05, 0) is 33.8 Å². The molecule has 0 aliphatic rings. The van der Waals surface area contributed by atoms with Crippen LogP contribution in [0.15, 0.2) is 15.6 Å². The molecule has 0 radical (unpaired) electrons. The van der Waals surface area contributed by atoms with Gasteiger partial charge in [0.2, 0.25) is 0 Å². The number of aryl methyl sites for hydroxylation is 2. The van der Waals surface area contributed by atoms with E-state index in [1.807, 2.05) is 38.3 Å². The third-order valence-corrected chi connectivity index (χ3v) is 3.72. The van der Waals surface area contributed by atoms with Gasteiger partial charge in [0.1, 0.15) is 11.5 Å². The van der Waals surface area contributed by atoms with E-state index in [1.54, 1.807) is 0 Å². The number of furan rings is 1. The van der Waals surface area contributed by atoms with Gasteiger partial charge in [-0.2, -0.15) is 0 Å². The average molecular weight is 295 g/mol. The van der Waals surface area contributed by atoms with Crippen molar-refractivity contribution in [2.45, 2.75) is 38.9 Å². The van der Waals surface area contributed by atoms with E-state index in [0.29, 0.717) is 11.0 Å². The van der Waals surface area contributed by atoms with Crippen LogP contribution in [-0.4, -0.2) is 31.6 Å². The Hall–Kier alpha value is -1.76. The lowest BCUT2D eigenvalue weighted by atomic mass is 10.2. The molecule has 2 aromatic rings. The number of nitrogens with zero attached hydrogens (tertiary/aromatic N) is 3. The van der Waals surface area contributed by atoms with Gasteiger partial charge in [-0.3, -0.25) is 9.36 Å². The van der Waals surface area contributed by atoms with Crippen molar-refractivity contribution in [1.82, 2.24) is 14.8 Å². The lowest BCUT2D eigenvalue weighted by Gasteiger charge is -2.12. The third-order valence-electron chi connectivity index (χ3n) is 2.79. The van der Waals surface area contributed by atoms with Crippen LogP contribution in [0, 0.1) is 13.8 Å². The SMILES string of the molecule is Cc1cc(-c2nnc(SCC(=O)O)n2C(C)C)c(C)o1. The Balaban J connectivity index is 2.44. The summed E-state index contributed by atoms with van der Waals surface area (Å²) in [7, 11) is 0. The highest BCUT2D eigenvalue weighted by atomic mass is 32.2. The van der Waals surface area contributed by atoms with Crippen molar-refractivity contribution >= 4 is 17.7 Å². The van der Waals surface area contributed by atoms with Crippen molar-refractivity contribution in [1.29, 1.82) is 0 Å². The van der Waals surface area contributed by atoms with Crippen LogP contribution < -0.4 is 0 Å². The molecule has 7 heteroatoms. The van der Waals surface area contributed by atoms with Crippen LogP contribution in [0.4, 0.5) is 0 Å². The van der Waals surface area contributed by atoms with Gasteiger partial charge in [0.15, 0.2) is 11.0 Å². The van der Waals surface area contributed by atoms with E-state index in [-0.39, 0.29) is 11.8 Å². The first-order chi connectivity index (χ1) is 9.40. The number of thioether (sulfide) groups is 1. The molecule has 0 aliphatic carbocycles. The fourth-order valence-corrected chi connectivity index (χ4v) is 2.79. The number of aromatic nitrogens is 3. The van der Waals surface area contributed by atoms with Crippen LogP contribution in [0.5, 0.6) is 0 Å². The van der Waals surface area contributed by atoms with Crippen molar-refractivity contribution in [3.8, 4) is 11.4 Å². The van der Waals surface area contributed by atoms with E-state index >= 15 is 0 Å². The number of carboxylic acid groups (broad SMARTS) is 1. The van der Waals surface area contributed by atoms with Gasteiger partial charge >= 0.3 is 5.97 Å². The molecule has 0 aromatic carbocycles. The van der Waals surface area contributed by atoms with E-state index in [0.717, 1.165) is 17.1 Å². The predicted molar refractivity (Wildman–Crippen MR) is 75.9 cm³/mol. The zero-order chi connectivity index (χ0) is 14.9. The normalized spacial score (nSPS) is 11.2. The molecule has 0 saturated heterocycles. The first-order valence-electron chi connectivity index (χ1n) is 6.27. The lowest BCUT2D eigenvalue weighted by molar-refractivity contribution is -0.133. The second-order valence-corrected chi connectivity index (χ2v) is 5.72. The summed E-state index contributed by atoms with van der Waals surface area (Å²) < 4.78 is 7.46. The highest BCUT2D eigenvalue weighted by molar-refractivity contribution is 7.99. The molecule has 0 amide bonds. The van der Waals surface area contributed by atoms with Crippen LogP contribution in [0.1, 0.15) is 31.4 Å². The fraction of sp³-hybridized carbons (Fsp3) is 0.462. The van der Waals surface area contributed by atoms with Crippen molar-refractivity contribution in [3.63, 3.8) is 0 Å². The molecule has 1 N–H and O–H groups in total. The van der Waals surface area contributed by atoms with Crippen LogP contribution in [0.25, 0.3) is 11.4 Å². The van der Waals surface area contributed by atoms with Crippen molar-refractivity contribution in [3.05, 3.63) is 17.6 Å². The van der Waals surface area contributed by atoms with Gasteiger partial charge in [-0.25, -0.2) is 0 Å². The summed E-state index contributed by atoms with van der Waals surface area (Å²) in [5, 5.41) is 17.7. The Kier molecular flexibility index (Phi) is 4.17. The molecule has 0 saturated carbocycles. The van der Waals surface area contributed by atoms with Crippen LogP contribution in [0.2, 0.25) is 0 Å². The molecular formula is C13H17N3O3S. The first kappa shape index (κ1) is 14.6. The van der Waals surface area contributed by atoms with Gasteiger partial charge in [-0.15, -0.1) is 10.2 Å². The zero-order valence-electron chi connectivity index (χ0n) is 11.9. The third kappa shape index (κ3) is 2.87. The summed E-state index contributed by atoms with van der Waals surface area (Å²) in [6.45, 7) is 7.79. The topological polar surface area (TPSA) is 81.1 Å². The van der Waals surface area contributed by atoms with Gasteiger partial charge in [0, 0.05) is 6.04 Å². The van der Waals surface area contributed by atoms with Gasteiger partial charge in [0.05, 0.1) is 11.3 Å². The van der Waals surface area contributed by atoms with Crippen molar-refractivity contribution in [2.75, 3.05) is 5.75 Å². The van der Waals surface area contributed by atoms with E-state index in [4.69, 9.17) is 9.52 Å². The number of aliphatic carboxylic acids is 1. The standard InChI is InChI=1S/C13H17N3O3S/c1-7(2)16-12(10-5-8(3)19-9(10)4)14-15-13(16)20-6-11(17)18/h5,7H,6H2,1-4H3,(H,17,18). The largest absolute Gasteiger partial charge is 0.481 e. The van der Waals surface area contributed by atoms with E-state index < -0.39 is 5.97 Å². The lowest BCUT2D eigenvalue weighted by Crippen LogP contribution is -2.07. The number of hydrogen-bond donors (Lipinski definition) is 1. The second-order valence-electron chi connectivity index (χ2n) is 4.78. The number of rotatable bonds is 5. The average Bonchev–Trinajstić information content (AvgIpc) is 2.89.